The van der Waals surface area contributed by atoms with Crippen molar-refractivity contribution < 1.29 is 22.7 Å². The molecule has 4 aromatic rings. The number of aryl methyl sites for hydroxylation is 1. The molecule has 0 heterocycles. The van der Waals surface area contributed by atoms with Crippen LogP contribution in [0.1, 0.15) is 37.8 Å². The van der Waals surface area contributed by atoms with Crippen LogP contribution in [0.25, 0.3) is 0 Å². The van der Waals surface area contributed by atoms with Crippen molar-refractivity contribution in [2.75, 3.05) is 17.4 Å². The van der Waals surface area contributed by atoms with Crippen LogP contribution in [-0.4, -0.2) is 44.3 Å². The van der Waals surface area contributed by atoms with E-state index in [1.807, 2.05) is 44.2 Å². The van der Waals surface area contributed by atoms with Gasteiger partial charge in [-0.3, -0.25) is 13.9 Å². The summed E-state index contributed by atoms with van der Waals surface area (Å²) in [6.07, 6.45) is 1.01. The molecule has 0 saturated carbocycles. The van der Waals surface area contributed by atoms with Crippen LogP contribution in [0.3, 0.4) is 0 Å². The molecule has 0 aromatic heterocycles. The monoisotopic (exact) mass is 681 g/mol. The molecular formula is C35H37Cl2N3O5S. The lowest BCUT2D eigenvalue weighted by molar-refractivity contribution is -0.140. The lowest BCUT2D eigenvalue weighted by atomic mass is 10.1. The highest BCUT2D eigenvalue weighted by Crippen LogP contribution is 2.29. The highest BCUT2D eigenvalue weighted by Gasteiger charge is 2.34. The van der Waals surface area contributed by atoms with Gasteiger partial charge in [0, 0.05) is 23.1 Å². The Morgan fingerprint density at radius 3 is 2.13 bits per heavy atom. The highest BCUT2D eigenvalue weighted by atomic mass is 35.5. The number of anilines is 1. The van der Waals surface area contributed by atoms with Gasteiger partial charge in [0.05, 0.1) is 10.6 Å². The molecule has 0 bridgehead atoms. The van der Waals surface area contributed by atoms with Crippen molar-refractivity contribution in [2.45, 2.75) is 51.1 Å². The van der Waals surface area contributed by atoms with Gasteiger partial charge in [-0.1, -0.05) is 79.0 Å². The highest BCUT2D eigenvalue weighted by molar-refractivity contribution is 7.92. The van der Waals surface area contributed by atoms with Crippen LogP contribution in [0.15, 0.2) is 102 Å². The number of sulfonamides is 1. The first-order chi connectivity index (χ1) is 22.0. The number of benzene rings is 4. The minimum atomic E-state index is -4.22. The van der Waals surface area contributed by atoms with Gasteiger partial charge in [0.1, 0.15) is 24.1 Å². The predicted molar refractivity (Wildman–Crippen MR) is 183 cm³/mol. The largest absolute Gasteiger partial charge is 0.457 e. The van der Waals surface area contributed by atoms with E-state index >= 15 is 0 Å². The van der Waals surface area contributed by atoms with Crippen LogP contribution in [0.5, 0.6) is 11.5 Å². The molecule has 0 aliphatic heterocycles. The van der Waals surface area contributed by atoms with E-state index in [1.165, 1.54) is 17.0 Å². The van der Waals surface area contributed by atoms with Crippen molar-refractivity contribution in [1.29, 1.82) is 0 Å². The molecule has 1 atom stereocenters. The molecule has 0 aliphatic carbocycles. The number of halogens is 2. The Labute approximate surface area is 280 Å². The maximum Gasteiger partial charge on any atom is 0.264 e. The van der Waals surface area contributed by atoms with E-state index in [0.717, 1.165) is 9.87 Å². The summed E-state index contributed by atoms with van der Waals surface area (Å²) in [6, 6.07) is 26.1. The molecule has 1 unspecified atom stereocenters. The van der Waals surface area contributed by atoms with Crippen LogP contribution in [0, 0.1) is 6.92 Å². The first-order valence-corrected chi connectivity index (χ1v) is 17.2. The van der Waals surface area contributed by atoms with Crippen LogP contribution in [0.4, 0.5) is 5.69 Å². The van der Waals surface area contributed by atoms with Gasteiger partial charge in [-0.25, -0.2) is 8.42 Å². The minimum Gasteiger partial charge on any atom is -0.457 e. The second kappa shape index (κ2) is 16.0. The van der Waals surface area contributed by atoms with Crippen LogP contribution >= 0.6 is 23.2 Å². The van der Waals surface area contributed by atoms with E-state index in [9.17, 15) is 18.0 Å². The first-order valence-electron chi connectivity index (χ1n) is 15.0. The summed E-state index contributed by atoms with van der Waals surface area (Å²) >= 11 is 12.6. The summed E-state index contributed by atoms with van der Waals surface area (Å²) in [7, 11) is -4.22. The average Bonchev–Trinajstić information content (AvgIpc) is 3.04. The molecule has 0 fully saturated rings. The quantitative estimate of drug-likeness (QED) is 0.148. The molecule has 11 heteroatoms. The molecule has 0 spiro atoms. The van der Waals surface area contributed by atoms with Gasteiger partial charge in [-0.2, -0.15) is 0 Å². The number of para-hydroxylation sites is 1. The zero-order chi connectivity index (χ0) is 33.3. The van der Waals surface area contributed by atoms with E-state index in [1.54, 1.807) is 61.5 Å². The maximum atomic E-state index is 14.3. The molecular weight excluding hydrogens is 645 g/mol. The van der Waals surface area contributed by atoms with Gasteiger partial charge in [-0.05, 0) is 86.0 Å². The summed E-state index contributed by atoms with van der Waals surface area (Å²) in [5, 5.41) is 3.62. The van der Waals surface area contributed by atoms with E-state index < -0.39 is 28.5 Å². The van der Waals surface area contributed by atoms with Crippen LogP contribution in [0.2, 0.25) is 10.0 Å². The number of amides is 2. The standard InChI is InChI=1S/C35H37Cl2N3O5S/c1-4-21-38-35(42)33(5-2)39(23-26-13-14-27(36)22-32(26)37)34(41)24-40(46(43,44)31-19-11-25(3)12-20-31)28-15-17-30(18-16-28)45-29-9-7-6-8-10-29/h6-20,22,33H,4-5,21,23-24H2,1-3H3,(H,38,42). The van der Waals surface area contributed by atoms with Gasteiger partial charge < -0.3 is 15.0 Å². The van der Waals surface area contributed by atoms with Crippen molar-refractivity contribution in [2.24, 2.45) is 0 Å². The van der Waals surface area contributed by atoms with Crippen molar-refractivity contribution >= 4 is 50.7 Å². The van der Waals surface area contributed by atoms with Crippen molar-refractivity contribution in [3.05, 3.63) is 118 Å². The van der Waals surface area contributed by atoms with Crippen LogP contribution < -0.4 is 14.4 Å². The number of carbonyl (C=O) groups is 2. The summed E-state index contributed by atoms with van der Waals surface area (Å²) in [6.45, 7) is 5.42. The number of hydrogen-bond acceptors (Lipinski definition) is 5. The Balaban J connectivity index is 1.74. The lowest BCUT2D eigenvalue weighted by Gasteiger charge is -2.33. The molecule has 0 saturated heterocycles. The molecule has 4 aromatic carbocycles. The van der Waals surface area contributed by atoms with Crippen LogP contribution in [-0.2, 0) is 26.2 Å². The minimum absolute atomic E-state index is 0.0236. The summed E-state index contributed by atoms with van der Waals surface area (Å²) in [4.78, 5) is 29.0. The smallest absolute Gasteiger partial charge is 0.264 e. The Hall–Kier alpha value is -4.05. The SMILES string of the molecule is CCCNC(=O)C(CC)N(Cc1ccc(Cl)cc1Cl)C(=O)CN(c1ccc(Oc2ccccc2)cc1)S(=O)(=O)c1ccc(C)cc1. The average molecular weight is 683 g/mol. The van der Waals surface area contributed by atoms with Gasteiger partial charge in [0.15, 0.2) is 0 Å². The molecule has 2 amide bonds. The molecule has 46 heavy (non-hydrogen) atoms. The van der Waals surface area contributed by atoms with Gasteiger partial charge in [0.25, 0.3) is 10.0 Å². The zero-order valence-corrected chi connectivity index (χ0v) is 28.3. The lowest BCUT2D eigenvalue weighted by Crippen LogP contribution is -2.52. The number of ether oxygens (including phenoxy) is 1. The second-order valence-electron chi connectivity index (χ2n) is 10.7. The molecule has 242 valence electrons. The zero-order valence-electron chi connectivity index (χ0n) is 26.0. The normalized spacial score (nSPS) is 11.8. The van der Waals surface area contributed by atoms with Crippen molar-refractivity contribution in [1.82, 2.24) is 10.2 Å². The topological polar surface area (TPSA) is 96.0 Å². The molecule has 0 radical (unpaired) electrons. The summed E-state index contributed by atoms with van der Waals surface area (Å²) in [5.74, 6) is 0.201. The molecule has 0 aliphatic rings. The Kier molecular flexibility index (Phi) is 12.1. The Morgan fingerprint density at radius 2 is 1.52 bits per heavy atom. The number of nitrogens with zero attached hydrogens (tertiary/aromatic N) is 2. The fraction of sp³-hybridized carbons (Fsp3) is 0.257. The Bertz CT molecular complexity index is 1730. The summed E-state index contributed by atoms with van der Waals surface area (Å²) in [5.41, 5.74) is 1.71. The fourth-order valence-electron chi connectivity index (χ4n) is 4.79. The third-order valence-corrected chi connectivity index (χ3v) is 9.66. The van der Waals surface area contributed by atoms with E-state index in [2.05, 4.69) is 5.32 Å². The van der Waals surface area contributed by atoms with Gasteiger partial charge in [0.2, 0.25) is 11.8 Å². The molecule has 8 nitrogen and oxygen atoms in total. The van der Waals surface area contributed by atoms with E-state index in [-0.39, 0.29) is 23.0 Å². The number of rotatable bonds is 14. The molecule has 4 rings (SSSR count). The van der Waals surface area contributed by atoms with Crippen molar-refractivity contribution in [3.8, 4) is 11.5 Å². The third-order valence-electron chi connectivity index (χ3n) is 7.28. The summed E-state index contributed by atoms with van der Waals surface area (Å²) < 4.78 is 35.3. The second-order valence-corrected chi connectivity index (χ2v) is 13.4. The van der Waals surface area contributed by atoms with E-state index in [4.69, 9.17) is 27.9 Å². The third kappa shape index (κ3) is 8.81. The number of carbonyl (C=O) groups excluding carboxylic acids is 2. The van der Waals surface area contributed by atoms with Gasteiger partial charge >= 0.3 is 0 Å². The maximum absolute atomic E-state index is 14.3. The number of nitrogens with one attached hydrogen (secondary N) is 1. The molecule has 1 N–H and O–H groups in total. The van der Waals surface area contributed by atoms with E-state index in [0.29, 0.717) is 46.5 Å². The van der Waals surface area contributed by atoms with Crippen molar-refractivity contribution in [3.63, 3.8) is 0 Å². The number of hydrogen-bond donors (Lipinski definition) is 1. The first kappa shape index (κ1) is 34.8. The fourth-order valence-corrected chi connectivity index (χ4v) is 6.67. The predicted octanol–water partition coefficient (Wildman–Crippen LogP) is 7.62. The Morgan fingerprint density at radius 1 is 0.870 bits per heavy atom. The van der Waals surface area contributed by atoms with Gasteiger partial charge in [-0.15, -0.1) is 0 Å².